The van der Waals surface area contributed by atoms with Gasteiger partial charge in [-0.05, 0) is 87.3 Å². The van der Waals surface area contributed by atoms with Crippen molar-refractivity contribution in [2.75, 3.05) is 42.9 Å². The highest BCUT2D eigenvalue weighted by Crippen LogP contribution is 2.33. The molecule has 270 valence electrons. The van der Waals surface area contributed by atoms with Crippen LogP contribution in [0.5, 0.6) is 0 Å². The summed E-state index contributed by atoms with van der Waals surface area (Å²) >= 11 is 0. The third-order valence-electron chi connectivity index (χ3n) is 11.5. The summed E-state index contributed by atoms with van der Waals surface area (Å²) in [6.07, 6.45) is 13.4. The Morgan fingerprint density at radius 1 is 0.942 bits per heavy atom. The van der Waals surface area contributed by atoms with Crippen molar-refractivity contribution < 1.29 is 19.2 Å². The largest absolute Gasteiger partial charge is 0.388 e. The summed E-state index contributed by atoms with van der Waals surface area (Å²) < 4.78 is 0. The first kappa shape index (κ1) is 33.9. The van der Waals surface area contributed by atoms with Crippen molar-refractivity contribution in [1.29, 1.82) is 5.41 Å². The van der Waals surface area contributed by atoms with Crippen molar-refractivity contribution in [2.24, 2.45) is 5.92 Å². The zero-order valence-corrected chi connectivity index (χ0v) is 29.3. The summed E-state index contributed by atoms with van der Waals surface area (Å²) in [6.45, 7) is 5.00. The number of piperazine rings is 1. The number of imide groups is 2. The van der Waals surface area contributed by atoms with E-state index in [1.807, 2.05) is 12.3 Å². The molecule has 4 N–H and O–H groups in total. The maximum absolute atomic E-state index is 13.1. The molecule has 1 aromatic heterocycles. The zero-order valence-electron chi connectivity index (χ0n) is 29.3. The quantitative estimate of drug-likeness (QED) is 0.123. The second-order valence-corrected chi connectivity index (χ2v) is 14.8. The predicted octanol–water partition coefficient (Wildman–Crippen LogP) is 3.96. The van der Waals surface area contributed by atoms with Crippen molar-refractivity contribution in [3.8, 4) is 0 Å². The molecule has 2 aliphatic carbocycles. The van der Waals surface area contributed by atoms with Crippen LogP contribution >= 0.6 is 0 Å². The number of aromatic nitrogens is 2. The number of carbonyl (C=O) groups excluding carboxylic acids is 4. The number of hydrogen-bond acceptors (Lipinski definition) is 11. The monoisotopic (exact) mass is 703 g/mol. The minimum atomic E-state index is -0.969. The number of hydrogen-bond donors (Lipinski definition) is 4. The molecule has 4 heterocycles. The molecule has 0 bridgehead atoms. The molecule has 13 heteroatoms. The van der Waals surface area contributed by atoms with Gasteiger partial charge in [0.05, 0.1) is 34.1 Å². The van der Waals surface area contributed by atoms with Gasteiger partial charge in [-0.3, -0.25) is 39.3 Å². The van der Waals surface area contributed by atoms with Crippen LogP contribution in [0.25, 0.3) is 16.6 Å². The fourth-order valence-corrected chi connectivity index (χ4v) is 8.14. The van der Waals surface area contributed by atoms with Crippen molar-refractivity contribution >= 4 is 57.8 Å². The van der Waals surface area contributed by atoms with Gasteiger partial charge in [-0.1, -0.05) is 6.42 Å². The van der Waals surface area contributed by atoms with E-state index in [1.54, 1.807) is 24.4 Å². The molecule has 2 saturated heterocycles. The van der Waals surface area contributed by atoms with Crippen LogP contribution in [0.1, 0.15) is 84.2 Å². The number of nitrogens with zero attached hydrogens (tertiary/aromatic N) is 5. The van der Waals surface area contributed by atoms with E-state index in [9.17, 15) is 19.2 Å². The Morgan fingerprint density at radius 3 is 2.50 bits per heavy atom. The Morgan fingerprint density at radius 2 is 1.75 bits per heavy atom. The molecular formula is C39H45N9O4. The molecule has 3 aliphatic heterocycles. The smallest absolute Gasteiger partial charge is 0.262 e. The van der Waals surface area contributed by atoms with E-state index < -0.39 is 29.7 Å². The number of anilines is 2. The number of benzene rings is 2. The standard InChI is InChI=1S/C39H45N9O4/c40-21-25(34-23-43-32-9-7-29(20-33(32)44-34)47-15-13-46(14-16-47)28-4-1-5-28)22-42-27-17-24(18-27)3-2-12-41-26-6-8-30-31(19-26)39(52)48(38(30)51)35-10-11-36(49)45-37(35)50/h6-9,19-24,27-28,35,40-42H,1-5,10-18H2,(H,45,49,50)/b25-22+,40-21?. The molecule has 0 spiro atoms. The van der Waals surface area contributed by atoms with Gasteiger partial charge in [0.15, 0.2) is 0 Å². The molecule has 8 rings (SSSR count). The lowest BCUT2D eigenvalue weighted by Crippen LogP contribution is -2.54. The SMILES string of the molecule is N=C/C(=C\NC1CC(CCCNc2ccc3c(c2)C(=O)N(C2CCC(=O)NC2=O)C3=O)C1)c1cnc2ccc(N3CCN(C4CCC4)CC3)cc2n1. The maximum Gasteiger partial charge on any atom is 0.262 e. The number of amides is 4. The Hall–Kier alpha value is -5.17. The Balaban J connectivity index is 0.789. The van der Waals surface area contributed by atoms with E-state index in [4.69, 9.17) is 10.4 Å². The summed E-state index contributed by atoms with van der Waals surface area (Å²) in [7, 11) is 0. The lowest BCUT2D eigenvalue weighted by molar-refractivity contribution is -0.136. The van der Waals surface area contributed by atoms with E-state index in [2.05, 4.69) is 42.9 Å². The molecule has 1 unspecified atom stereocenters. The molecule has 1 atom stereocenters. The van der Waals surface area contributed by atoms with E-state index in [-0.39, 0.29) is 24.0 Å². The lowest BCUT2D eigenvalue weighted by Gasteiger charge is -2.43. The van der Waals surface area contributed by atoms with Crippen molar-refractivity contribution in [3.05, 3.63) is 65.6 Å². The van der Waals surface area contributed by atoms with Crippen molar-refractivity contribution in [3.63, 3.8) is 0 Å². The normalized spacial score (nSPS) is 24.0. The molecule has 3 aromatic rings. The Bertz CT molecular complexity index is 1940. The number of nitrogens with one attached hydrogen (secondary N) is 4. The second kappa shape index (κ2) is 14.5. The van der Waals surface area contributed by atoms with Gasteiger partial charge in [0.25, 0.3) is 11.8 Å². The molecule has 4 fully saturated rings. The minimum Gasteiger partial charge on any atom is -0.388 e. The summed E-state index contributed by atoms with van der Waals surface area (Å²) in [5.74, 6) is -1.40. The molecule has 5 aliphatic rings. The van der Waals surface area contributed by atoms with E-state index in [1.165, 1.54) is 31.2 Å². The van der Waals surface area contributed by atoms with Crippen molar-refractivity contribution in [1.82, 2.24) is 30.4 Å². The second-order valence-electron chi connectivity index (χ2n) is 14.8. The summed E-state index contributed by atoms with van der Waals surface area (Å²) in [4.78, 5) is 65.6. The average Bonchev–Trinajstić information content (AvgIpc) is 3.36. The van der Waals surface area contributed by atoms with Crippen LogP contribution in [-0.4, -0.2) is 100 Å². The van der Waals surface area contributed by atoms with Crippen LogP contribution in [0.2, 0.25) is 0 Å². The Kier molecular flexibility index (Phi) is 9.43. The summed E-state index contributed by atoms with van der Waals surface area (Å²) in [6, 6.07) is 11.6. The molecule has 52 heavy (non-hydrogen) atoms. The van der Waals surface area contributed by atoms with Crippen LogP contribution in [0.4, 0.5) is 11.4 Å². The third kappa shape index (κ3) is 6.76. The fraction of sp³-hybridized carbons (Fsp3) is 0.462. The first-order valence-corrected chi connectivity index (χ1v) is 18.7. The van der Waals surface area contributed by atoms with Gasteiger partial charge in [-0.25, -0.2) is 4.98 Å². The van der Waals surface area contributed by atoms with Gasteiger partial charge in [0.1, 0.15) is 6.04 Å². The molecule has 13 nitrogen and oxygen atoms in total. The van der Waals surface area contributed by atoms with Crippen LogP contribution < -0.4 is 20.9 Å². The molecule has 0 radical (unpaired) electrons. The number of carbonyl (C=O) groups is 4. The van der Waals surface area contributed by atoms with E-state index in [0.717, 1.165) is 86.1 Å². The van der Waals surface area contributed by atoms with Gasteiger partial charge in [0.2, 0.25) is 11.8 Å². The highest BCUT2D eigenvalue weighted by atomic mass is 16.2. The summed E-state index contributed by atoms with van der Waals surface area (Å²) in [5.41, 5.74) is 5.56. The first-order valence-electron chi connectivity index (χ1n) is 18.7. The zero-order chi connectivity index (χ0) is 35.8. The van der Waals surface area contributed by atoms with Crippen LogP contribution in [0.3, 0.4) is 0 Å². The molecule has 4 amide bonds. The molecule has 2 aromatic carbocycles. The number of fused-ring (bicyclic) bond motifs is 2. The highest BCUT2D eigenvalue weighted by Gasteiger charge is 2.44. The van der Waals surface area contributed by atoms with Crippen LogP contribution in [-0.2, 0) is 9.59 Å². The summed E-state index contributed by atoms with van der Waals surface area (Å²) in [5, 5.41) is 17.2. The van der Waals surface area contributed by atoms with E-state index in [0.29, 0.717) is 23.2 Å². The van der Waals surface area contributed by atoms with Gasteiger partial charge in [-0.15, -0.1) is 0 Å². The maximum atomic E-state index is 13.1. The topological polar surface area (TPSA) is 164 Å². The lowest BCUT2D eigenvalue weighted by atomic mass is 9.77. The van der Waals surface area contributed by atoms with Gasteiger partial charge >= 0.3 is 0 Å². The van der Waals surface area contributed by atoms with Crippen LogP contribution in [0, 0.1) is 11.3 Å². The van der Waals surface area contributed by atoms with Crippen molar-refractivity contribution in [2.45, 2.75) is 75.9 Å². The van der Waals surface area contributed by atoms with Gasteiger partial charge in [0, 0.05) is 80.6 Å². The number of piperidine rings is 1. The molecular weight excluding hydrogens is 658 g/mol. The Labute approximate surface area is 302 Å². The average molecular weight is 704 g/mol. The number of rotatable bonds is 12. The predicted molar refractivity (Wildman–Crippen MR) is 198 cm³/mol. The first-order chi connectivity index (χ1) is 25.3. The van der Waals surface area contributed by atoms with Gasteiger partial charge < -0.3 is 20.9 Å². The van der Waals surface area contributed by atoms with Crippen LogP contribution in [0.15, 0.2) is 48.8 Å². The third-order valence-corrected chi connectivity index (χ3v) is 11.5. The molecule has 2 saturated carbocycles. The number of allylic oxidation sites excluding steroid dienone is 1. The minimum absolute atomic E-state index is 0.0930. The van der Waals surface area contributed by atoms with E-state index >= 15 is 0 Å². The fourth-order valence-electron chi connectivity index (χ4n) is 8.14. The highest BCUT2D eigenvalue weighted by molar-refractivity contribution is 6.23. The van der Waals surface area contributed by atoms with Gasteiger partial charge in [-0.2, -0.15) is 0 Å².